The Kier molecular flexibility index (Phi) is 8.84. The molecule has 0 saturated heterocycles. The van der Waals surface area contributed by atoms with Gasteiger partial charge in [0, 0.05) is 18.7 Å². The van der Waals surface area contributed by atoms with E-state index in [-0.39, 0.29) is 25.0 Å². The standard InChI is InChI=1S/C24H31FN2O3/c1-5-14-26-24(29)18(4)27(15-20-8-6-7-9-22(20)25)23(28)16-30-21-12-10-19(11-13-21)17(2)3/h6-13,17-18H,5,14-16H2,1-4H3,(H,26,29)/t18-/m0/s1. The van der Waals surface area contributed by atoms with E-state index in [4.69, 9.17) is 4.74 Å². The fraction of sp³-hybridized carbons (Fsp3) is 0.417. The summed E-state index contributed by atoms with van der Waals surface area (Å²) in [6.45, 7) is 8.06. The van der Waals surface area contributed by atoms with E-state index in [0.29, 0.717) is 23.8 Å². The zero-order valence-corrected chi connectivity index (χ0v) is 18.2. The van der Waals surface area contributed by atoms with Crippen LogP contribution >= 0.6 is 0 Å². The fourth-order valence-corrected chi connectivity index (χ4v) is 2.97. The minimum absolute atomic E-state index is 0.0120. The Morgan fingerprint density at radius 2 is 1.73 bits per heavy atom. The highest BCUT2D eigenvalue weighted by molar-refractivity contribution is 5.87. The van der Waals surface area contributed by atoms with Gasteiger partial charge < -0.3 is 15.0 Å². The van der Waals surface area contributed by atoms with Crippen LogP contribution in [0.25, 0.3) is 0 Å². The molecule has 0 bridgehead atoms. The maximum atomic E-state index is 14.2. The molecule has 0 fully saturated rings. The largest absolute Gasteiger partial charge is 0.484 e. The first-order valence-corrected chi connectivity index (χ1v) is 10.4. The van der Waals surface area contributed by atoms with Crippen LogP contribution in [0.1, 0.15) is 51.2 Å². The van der Waals surface area contributed by atoms with Crippen molar-refractivity contribution in [1.29, 1.82) is 0 Å². The predicted molar refractivity (Wildman–Crippen MR) is 116 cm³/mol. The normalized spacial score (nSPS) is 11.8. The third-order valence-electron chi connectivity index (χ3n) is 4.92. The molecule has 0 aliphatic heterocycles. The second-order valence-corrected chi connectivity index (χ2v) is 7.59. The Morgan fingerprint density at radius 1 is 1.07 bits per heavy atom. The van der Waals surface area contributed by atoms with E-state index in [2.05, 4.69) is 19.2 Å². The van der Waals surface area contributed by atoms with Crippen LogP contribution in [0.5, 0.6) is 5.75 Å². The molecule has 0 aliphatic rings. The van der Waals surface area contributed by atoms with E-state index < -0.39 is 11.9 Å². The molecule has 2 aromatic carbocycles. The topological polar surface area (TPSA) is 58.6 Å². The molecule has 0 heterocycles. The number of halogens is 1. The summed E-state index contributed by atoms with van der Waals surface area (Å²) < 4.78 is 19.8. The third kappa shape index (κ3) is 6.58. The lowest BCUT2D eigenvalue weighted by Gasteiger charge is -2.28. The first-order valence-electron chi connectivity index (χ1n) is 10.4. The number of carbonyl (C=O) groups excluding carboxylic acids is 2. The lowest BCUT2D eigenvalue weighted by atomic mass is 10.0. The molecule has 0 aliphatic carbocycles. The van der Waals surface area contributed by atoms with Gasteiger partial charge in [-0.25, -0.2) is 4.39 Å². The number of ether oxygens (including phenoxy) is 1. The van der Waals surface area contributed by atoms with E-state index in [1.807, 2.05) is 31.2 Å². The lowest BCUT2D eigenvalue weighted by Crippen LogP contribution is -2.49. The first-order chi connectivity index (χ1) is 14.3. The van der Waals surface area contributed by atoms with Crippen LogP contribution in [0.4, 0.5) is 4.39 Å². The minimum Gasteiger partial charge on any atom is -0.484 e. The Morgan fingerprint density at radius 3 is 2.33 bits per heavy atom. The summed E-state index contributed by atoms with van der Waals surface area (Å²) in [5, 5.41) is 2.79. The minimum atomic E-state index is -0.754. The number of hydrogen-bond acceptors (Lipinski definition) is 3. The van der Waals surface area contributed by atoms with Gasteiger partial charge in [-0.1, -0.05) is 51.1 Å². The van der Waals surface area contributed by atoms with Crippen molar-refractivity contribution in [2.24, 2.45) is 0 Å². The molecule has 30 heavy (non-hydrogen) atoms. The first kappa shape index (κ1) is 23.4. The molecule has 162 valence electrons. The van der Waals surface area contributed by atoms with Gasteiger partial charge >= 0.3 is 0 Å². The van der Waals surface area contributed by atoms with Crippen molar-refractivity contribution in [2.45, 2.75) is 52.6 Å². The molecule has 1 N–H and O–H groups in total. The molecule has 0 aromatic heterocycles. The fourth-order valence-electron chi connectivity index (χ4n) is 2.97. The predicted octanol–water partition coefficient (Wildman–Crippen LogP) is 4.27. The number of nitrogens with one attached hydrogen (secondary N) is 1. The van der Waals surface area contributed by atoms with E-state index >= 15 is 0 Å². The van der Waals surface area contributed by atoms with Gasteiger partial charge in [0.1, 0.15) is 17.6 Å². The maximum Gasteiger partial charge on any atom is 0.261 e. The highest BCUT2D eigenvalue weighted by atomic mass is 19.1. The molecule has 0 radical (unpaired) electrons. The van der Waals surface area contributed by atoms with Gasteiger partial charge in [-0.3, -0.25) is 9.59 Å². The van der Waals surface area contributed by atoms with Crippen LogP contribution in [0.3, 0.4) is 0 Å². The van der Waals surface area contributed by atoms with Crippen LogP contribution in [-0.2, 0) is 16.1 Å². The van der Waals surface area contributed by atoms with Crippen molar-refractivity contribution >= 4 is 11.8 Å². The summed E-state index contributed by atoms with van der Waals surface area (Å²) in [4.78, 5) is 26.7. The smallest absolute Gasteiger partial charge is 0.261 e. The third-order valence-corrected chi connectivity index (χ3v) is 4.92. The molecule has 1 atom stereocenters. The van der Waals surface area contributed by atoms with Gasteiger partial charge in [0.2, 0.25) is 5.91 Å². The summed E-state index contributed by atoms with van der Waals surface area (Å²) in [5.74, 6) is -0.101. The summed E-state index contributed by atoms with van der Waals surface area (Å²) >= 11 is 0. The summed E-state index contributed by atoms with van der Waals surface area (Å²) in [6, 6.07) is 13.1. The van der Waals surface area contributed by atoms with Crippen molar-refractivity contribution in [1.82, 2.24) is 10.2 Å². The van der Waals surface area contributed by atoms with Crippen LogP contribution in [0, 0.1) is 5.82 Å². The number of hydrogen-bond donors (Lipinski definition) is 1. The number of nitrogens with zero attached hydrogens (tertiary/aromatic N) is 1. The summed E-state index contributed by atoms with van der Waals surface area (Å²) in [7, 11) is 0. The highest BCUT2D eigenvalue weighted by Gasteiger charge is 2.27. The molecule has 0 saturated carbocycles. The molecule has 2 rings (SSSR count). The van der Waals surface area contributed by atoms with Gasteiger partial charge in [0.15, 0.2) is 6.61 Å². The molecular weight excluding hydrogens is 383 g/mol. The number of amides is 2. The van der Waals surface area contributed by atoms with Crippen LogP contribution in [0.2, 0.25) is 0 Å². The van der Waals surface area contributed by atoms with Crippen molar-refractivity contribution in [2.75, 3.05) is 13.2 Å². The van der Waals surface area contributed by atoms with Crippen LogP contribution in [0.15, 0.2) is 48.5 Å². The van der Waals surface area contributed by atoms with E-state index in [1.165, 1.54) is 16.5 Å². The van der Waals surface area contributed by atoms with E-state index in [9.17, 15) is 14.0 Å². The summed E-state index contributed by atoms with van der Waals surface area (Å²) in [6.07, 6.45) is 0.787. The SMILES string of the molecule is CCCNC(=O)[C@H](C)N(Cc1ccccc1F)C(=O)COc1ccc(C(C)C)cc1. The average Bonchev–Trinajstić information content (AvgIpc) is 2.75. The molecule has 6 heteroatoms. The Balaban J connectivity index is 2.12. The maximum absolute atomic E-state index is 14.2. The van der Waals surface area contributed by atoms with Gasteiger partial charge in [-0.2, -0.15) is 0 Å². The monoisotopic (exact) mass is 414 g/mol. The van der Waals surface area contributed by atoms with Crippen molar-refractivity contribution in [3.8, 4) is 5.75 Å². The van der Waals surface area contributed by atoms with Crippen LogP contribution < -0.4 is 10.1 Å². The molecule has 0 unspecified atom stereocenters. The Hall–Kier alpha value is -2.89. The van der Waals surface area contributed by atoms with Gasteiger partial charge in [-0.15, -0.1) is 0 Å². The second kappa shape index (κ2) is 11.3. The molecule has 2 aromatic rings. The van der Waals surface area contributed by atoms with Crippen molar-refractivity contribution in [3.63, 3.8) is 0 Å². The molecule has 0 spiro atoms. The quantitative estimate of drug-likeness (QED) is 0.632. The van der Waals surface area contributed by atoms with E-state index in [0.717, 1.165) is 6.42 Å². The Labute approximate surface area is 178 Å². The van der Waals surface area contributed by atoms with E-state index in [1.54, 1.807) is 25.1 Å². The molecule has 5 nitrogen and oxygen atoms in total. The van der Waals surface area contributed by atoms with Crippen molar-refractivity contribution < 1.29 is 18.7 Å². The highest BCUT2D eigenvalue weighted by Crippen LogP contribution is 2.19. The zero-order valence-electron chi connectivity index (χ0n) is 18.2. The lowest BCUT2D eigenvalue weighted by molar-refractivity contribution is -0.142. The molecule has 2 amide bonds. The number of benzene rings is 2. The van der Waals surface area contributed by atoms with Gasteiger partial charge in [0.05, 0.1) is 0 Å². The molecular formula is C24H31FN2O3. The number of rotatable bonds is 10. The van der Waals surface area contributed by atoms with Gasteiger partial charge in [-0.05, 0) is 43.0 Å². The van der Waals surface area contributed by atoms with Gasteiger partial charge in [0.25, 0.3) is 5.91 Å². The van der Waals surface area contributed by atoms with Crippen molar-refractivity contribution in [3.05, 3.63) is 65.5 Å². The Bertz CT molecular complexity index is 837. The van der Waals surface area contributed by atoms with Crippen LogP contribution in [-0.4, -0.2) is 35.9 Å². The number of carbonyl (C=O) groups is 2. The zero-order chi connectivity index (χ0) is 22.1. The summed E-state index contributed by atoms with van der Waals surface area (Å²) in [5.41, 5.74) is 1.53. The average molecular weight is 415 g/mol. The second-order valence-electron chi connectivity index (χ2n) is 7.59.